The van der Waals surface area contributed by atoms with Gasteiger partial charge in [0, 0.05) is 30.1 Å². The first kappa shape index (κ1) is 17.2. The van der Waals surface area contributed by atoms with Crippen LogP contribution < -0.4 is 10.6 Å². The number of urea groups is 1. The molecule has 0 radical (unpaired) electrons. The molecule has 2 heterocycles. The van der Waals surface area contributed by atoms with E-state index in [-0.39, 0.29) is 6.03 Å². The van der Waals surface area contributed by atoms with E-state index in [1.807, 2.05) is 13.8 Å². The van der Waals surface area contributed by atoms with Gasteiger partial charge in [-0.2, -0.15) is 0 Å². The molecule has 1 aliphatic heterocycles. The summed E-state index contributed by atoms with van der Waals surface area (Å²) in [5, 5.41) is 6.88. The van der Waals surface area contributed by atoms with Gasteiger partial charge >= 0.3 is 6.03 Å². The van der Waals surface area contributed by atoms with Gasteiger partial charge in [0.05, 0.1) is 30.5 Å². The topological polar surface area (TPSA) is 66.5 Å². The van der Waals surface area contributed by atoms with Gasteiger partial charge in [-0.1, -0.05) is 0 Å². The van der Waals surface area contributed by atoms with E-state index in [1.54, 1.807) is 11.3 Å². The zero-order valence-corrected chi connectivity index (χ0v) is 14.6. The third-order valence-electron chi connectivity index (χ3n) is 3.95. The first-order valence-electron chi connectivity index (χ1n) is 7.75. The molecule has 6 nitrogen and oxygen atoms in total. The van der Waals surface area contributed by atoms with E-state index in [0.717, 1.165) is 35.3 Å². The second-order valence-corrected chi connectivity index (χ2v) is 7.10. The highest BCUT2D eigenvalue weighted by Crippen LogP contribution is 2.16. The number of morpholine rings is 1. The normalized spacial score (nSPS) is 20.6. The van der Waals surface area contributed by atoms with Gasteiger partial charge in [-0.15, -0.1) is 11.3 Å². The van der Waals surface area contributed by atoms with Crippen molar-refractivity contribution in [2.24, 2.45) is 0 Å². The van der Waals surface area contributed by atoms with Crippen LogP contribution in [0.2, 0.25) is 0 Å². The number of nitrogens with zero attached hydrogens (tertiary/aromatic N) is 2. The molecular weight excluding hydrogens is 300 g/mol. The Labute approximate surface area is 136 Å². The predicted molar refractivity (Wildman–Crippen MR) is 88.3 cm³/mol. The highest BCUT2D eigenvalue weighted by molar-refractivity contribution is 7.11. The summed E-state index contributed by atoms with van der Waals surface area (Å²) in [5.74, 6) is 0. The Bertz CT molecular complexity index is 506. The molecule has 0 saturated carbocycles. The molecule has 2 rings (SSSR count). The van der Waals surface area contributed by atoms with Gasteiger partial charge in [0.15, 0.2) is 0 Å². The Kier molecular flexibility index (Phi) is 6.16. The lowest BCUT2D eigenvalue weighted by Gasteiger charge is -2.37. The molecule has 22 heavy (non-hydrogen) atoms. The van der Waals surface area contributed by atoms with Crippen LogP contribution in [0.3, 0.4) is 0 Å². The standard InChI is InChI=1S/C15H26N4O2S/c1-10(19-5-6-21-9-11(19)2)7-16-15(20)17-8-14-12(3)18-13(4)22-14/h10-11H,5-9H2,1-4H3,(H2,16,17,20)/t10-,11+/m0/s1. The zero-order valence-electron chi connectivity index (χ0n) is 13.8. The van der Waals surface area contributed by atoms with Gasteiger partial charge < -0.3 is 15.4 Å². The van der Waals surface area contributed by atoms with Crippen molar-refractivity contribution in [2.75, 3.05) is 26.3 Å². The summed E-state index contributed by atoms with van der Waals surface area (Å²) < 4.78 is 5.44. The molecule has 2 atom stereocenters. The van der Waals surface area contributed by atoms with Crippen LogP contribution in [-0.4, -0.2) is 54.3 Å². The minimum Gasteiger partial charge on any atom is -0.379 e. The zero-order chi connectivity index (χ0) is 16.1. The molecule has 1 aliphatic rings. The molecule has 2 amide bonds. The second-order valence-electron chi connectivity index (χ2n) is 5.82. The van der Waals surface area contributed by atoms with Crippen molar-refractivity contribution >= 4 is 17.4 Å². The molecule has 0 bridgehead atoms. The van der Waals surface area contributed by atoms with Crippen molar-refractivity contribution in [3.05, 3.63) is 15.6 Å². The quantitative estimate of drug-likeness (QED) is 0.864. The Hall–Kier alpha value is -1.18. The molecule has 0 aliphatic carbocycles. The van der Waals surface area contributed by atoms with Crippen LogP contribution in [0.25, 0.3) is 0 Å². The molecule has 2 N–H and O–H groups in total. The van der Waals surface area contributed by atoms with Gasteiger partial charge in [-0.25, -0.2) is 9.78 Å². The van der Waals surface area contributed by atoms with E-state index in [4.69, 9.17) is 4.74 Å². The Morgan fingerprint density at radius 1 is 1.50 bits per heavy atom. The maximum atomic E-state index is 11.9. The lowest BCUT2D eigenvalue weighted by molar-refractivity contribution is -0.0176. The van der Waals surface area contributed by atoms with Gasteiger partial charge in [0.2, 0.25) is 0 Å². The van der Waals surface area contributed by atoms with Crippen LogP contribution in [0.4, 0.5) is 4.79 Å². The SMILES string of the molecule is Cc1nc(C)c(CNC(=O)NC[C@H](C)N2CCOC[C@H]2C)s1. The van der Waals surface area contributed by atoms with E-state index in [2.05, 4.69) is 34.4 Å². The smallest absolute Gasteiger partial charge is 0.315 e. The summed E-state index contributed by atoms with van der Waals surface area (Å²) in [6.45, 7) is 11.9. The molecule has 0 spiro atoms. The second kappa shape index (κ2) is 7.89. The maximum absolute atomic E-state index is 11.9. The predicted octanol–water partition coefficient (Wildman–Crippen LogP) is 1.67. The van der Waals surface area contributed by atoms with Gasteiger partial charge in [0.1, 0.15) is 0 Å². The van der Waals surface area contributed by atoms with E-state index in [1.165, 1.54) is 0 Å². The fraction of sp³-hybridized carbons (Fsp3) is 0.733. The number of amides is 2. The van der Waals surface area contributed by atoms with Crippen molar-refractivity contribution in [1.29, 1.82) is 0 Å². The Balaban J connectivity index is 1.72. The Morgan fingerprint density at radius 2 is 2.27 bits per heavy atom. The third-order valence-corrected chi connectivity index (χ3v) is 5.03. The number of hydrogen-bond donors (Lipinski definition) is 2. The molecule has 1 fully saturated rings. The molecule has 1 saturated heterocycles. The monoisotopic (exact) mass is 326 g/mol. The van der Waals surface area contributed by atoms with E-state index >= 15 is 0 Å². The van der Waals surface area contributed by atoms with Crippen molar-refractivity contribution in [1.82, 2.24) is 20.5 Å². The third kappa shape index (κ3) is 4.66. The number of hydrogen-bond acceptors (Lipinski definition) is 5. The van der Waals surface area contributed by atoms with Crippen LogP contribution in [-0.2, 0) is 11.3 Å². The number of aromatic nitrogens is 1. The largest absolute Gasteiger partial charge is 0.379 e. The van der Waals surface area contributed by atoms with Gasteiger partial charge in [-0.05, 0) is 27.7 Å². The van der Waals surface area contributed by atoms with Crippen molar-refractivity contribution in [3.63, 3.8) is 0 Å². The van der Waals surface area contributed by atoms with Crippen LogP contribution in [0.1, 0.15) is 29.4 Å². The fourth-order valence-electron chi connectivity index (χ4n) is 2.71. The van der Waals surface area contributed by atoms with Crippen LogP contribution >= 0.6 is 11.3 Å². The number of nitrogens with one attached hydrogen (secondary N) is 2. The summed E-state index contributed by atoms with van der Waals surface area (Å²) >= 11 is 1.63. The van der Waals surface area contributed by atoms with E-state index < -0.39 is 0 Å². The fourth-order valence-corrected chi connectivity index (χ4v) is 3.59. The summed E-state index contributed by atoms with van der Waals surface area (Å²) in [7, 11) is 0. The van der Waals surface area contributed by atoms with Gasteiger partial charge in [0.25, 0.3) is 0 Å². The number of aryl methyl sites for hydroxylation is 2. The van der Waals surface area contributed by atoms with Crippen molar-refractivity contribution < 1.29 is 9.53 Å². The first-order valence-corrected chi connectivity index (χ1v) is 8.57. The highest BCUT2D eigenvalue weighted by atomic mass is 32.1. The summed E-state index contributed by atoms with van der Waals surface area (Å²) in [6.07, 6.45) is 0. The Morgan fingerprint density at radius 3 is 2.91 bits per heavy atom. The lowest BCUT2D eigenvalue weighted by atomic mass is 10.2. The number of thiazole rings is 1. The number of carbonyl (C=O) groups excluding carboxylic acids is 1. The highest BCUT2D eigenvalue weighted by Gasteiger charge is 2.23. The minimum absolute atomic E-state index is 0.127. The minimum atomic E-state index is -0.127. The molecule has 0 unspecified atom stereocenters. The average Bonchev–Trinajstić information content (AvgIpc) is 2.81. The van der Waals surface area contributed by atoms with E-state index in [0.29, 0.717) is 25.2 Å². The molecular formula is C15H26N4O2S. The van der Waals surface area contributed by atoms with Crippen LogP contribution in [0.5, 0.6) is 0 Å². The molecule has 124 valence electrons. The first-order chi connectivity index (χ1) is 10.5. The van der Waals surface area contributed by atoms with Crippen molar-refractivity contribution in [3.8, 4) is 0 Å². The van der Waals surface area contributed by atoms with Crippen molar-refractivity contribution in [2.45, 2.75) is 46.3 Å². The lowest BCUT2D eigenvalue weighted by Crippen LogP contribution is -2.52. The molecule has 7 heteroatoms. The summed E-state index contributed by atoms with van der Waals surface area (Å²) in [6, 6.07) is 0.576. The van der Waals surface area contributed by atoms with Crippen LogP contribution in [0.15, 0.2) is 0 Å². The number of ether oxygens (including phenoxy) is 1. The number of rotatable bonds is 5. The molecule has 1 aromatic rings. The molecule has 0 aromatic carbocycles. The van der Waals surface area contributed by atoms with Gasteiger partial charge in [-0.3, -0.25) is 4.90 Å². The van der Waals surface area contributed by atoms with E-state index in [9.17, 15) is 4.79 Å². The molecule has 1 aromatic heterocycles. The number of carbonyl (C=O) groups is 1. The maximum Gasteiger partial charge on any atom is 0.315 e. The van der Waals surface area contributed by atoms with Crippen LogP contribution in [0, 0.1) is 13.8 Å². The summed E-state index contributed by atoms with van der Waals surface area (Å²) in [4.78, 5) is 19.8. The average molecular weight is 326 g/mol. The summed E-state index contributed by atoms with van der Waals surface area (Å²) in [5.41, 5.74) is 0.998.